The topological polar surface area (TPSA) is 55.2 Å². The summed E-state index contributed by atoms with van der Waals surface area (Å²) in [6, 6.07) is 3.55. The van der Waals surface area contributed by atoms with Crippen LogP contribution in [-0.2, 0) is 0 Å². The lowest BCUT2D eigenvalue weighted by atomic mass is 10.1. The van der Waals surface area contributed by atoms with Crippen LogP contribution >= 0.6 is 11.8 Å². The zero-order valence-electron chi connectivity index (χ0n) is 10.1. The average molecular weight is 288 g/mol. The van der Waals surface area contributed by atoms with E-state index in [-0.39, 0.29) is 16.9 Å². The molecule has 1 aliphatic heterocycles. The number of hydrogen-bond donors (Lipinski definition) is 1. The van der Waals surface area contributed by atoms with Crippen molar-refractivity contribution < 1.29 is 13.7 Å². The van der Waals surface area contributed by atoms with Gasteiger partial charge in [-0.2, -0.15) is 11.8 Å². The second-order valence-electron chi connectivity index (χ2n) is 4.44. The second kappa shape index (κ2) is 6.18. The van der Waals surface area contributed by atoms with Crippen LogP contribution in [0.5, 0.6) is 0 Å². The van der Waals surface area contributed by atoms with Gasteiger partial charge in [0.25, 0.3) is 12.1 Å². The van der Waals surface area contributed by atoms with Gasteiger partial charge >= 0.3 is 0 Å². The van der Waals surface area contributed by atoms with E-state index in [1.165, 1.54) is 12.1 Å². The Balaban J connectivity index is 2.11. The first kappa shape index (κ1) is 14.0. The van der Waals surface area contributed by atoms with Crippen LogP contribution in [0.25, 0.3) is 0 Å². The molecule has 0 saturated carbocycles. The summed E-state index contributed by atoms with van der Waals surface area (Å²) in [4.78, 5) is 9.93. The standard InChI is InChI=1S/C12H14F2N2O2S/c13-12(14)10-5-9(16(17)18)1-2-11(10)15-6-8-3-4-19-7-8/h1-2,5,8,12,15H,3-4,6-7H2. The van der Waals surface area contributed by atoms with Crippen LogP contribution < -0.4 is 5.32 Å². The zero-order valence-corrected chi connectivity index (χ0v) is 11.0. The Morgan fingerprint density at radius 3 is 2.89 bits per heavy atom. The third-order valence-corrected chi connectivity index (χ3v) is 4.32. The highest BCUT2D eigenvalue weighted by atomic mass is 32.2. The number of thioether (sulfide) groups is 1. The lowest BCUT2D eigenvalue weighted by Crippen LogP contribution is -2.14. The van der Waals surface area contributed by atoms with Gasteiger partial charge in [0.2, 0.25) is 0 Å². The van der Waals surface area contributed by atoms with Crippen LogP contribution in [0.15, 0.2) is 18.2 Å². The average Bonchev–Trinajstić information content (AvgIpc) is 2.89. The summed E-state index contributed by atoms with van der Waals surface area (Å²) in [6.45, 7) is 0.629. The predicted molar refractivity (Wildman–Crippen MR) is 72.0 cm³/mol. The number of nitrogens with zero attached hydrogens (tertiary/aromatic N) is 1. The minimum absolute atomic E-state index is 0.289. The van der Waals surface area contributed by atoms with Gasteiger partial charge in [-0.15, -0.1) is 0 Å². The van der Waals surface area contributed by atoms with Crippen molar-refractivity contribution in [3.8, 4) is 0 Å². The van der Waals surface area contributed by atoms with Crippen molar-refractivity contribution in [2.75, 3.05) is 23.4 Å². The summed E-state index contributed by atoms with van der Waals surface area (Å²) < 4.78 is 25.8. The fourth-order valence-corrected chi connectivity index (χ4v) is 3.29. The molecule has 19 heavy (non-hydrogen) atoms. The van der Waals surface area contributed by atoms with Crippen molar-refractivity contribution >= 4 is 23.1 Å². The summed E-state index contributed by atoms with van der Waals surface area (Å²) in [5.74, 6) is 2.61. The highest BCUT2D eigenvalue weighted by molar-refractivity contribution is 7.99. The number of halogens is 2. The maximum atomic E-state index is 12.9. The van der Waals surface area contributed by atoms with E-state index in [9.17, 15) is 18.9 Å². The summed E-state index contributed by atoms with van der Waals surface area (Å²) in [5.41, 5.74) is -0.324. The molecule has 1 fully saturated rings. The van der Waals surface area contributed by atoms with Gasteiger partial charge in [0.1, 0.15) is 0 Å². The maximum Gasteiger partial charge on any atom is 0.270 e. The molecule has 0 aliphatic carbocycles. The van der Waals surface area contributed by atoms with E-state index in [0.29, 0.717) is 12.5 Å². The normalized spacial score (nSPS) is 18.8. The first-order chi connectivity index (χ1) is 9.08. The quantitative estimate of drug-likeness (QED) is 0.663. The van der Waals surface area contributed by atoms with Gasteiger partial charge in [0, 0.05) is 29.9 Å². The van der Waals surface area contributed by atoms with E-state index in [4.69, 9.17) is 0 Å². The van der Waals surface area contributed by atoms with E-state index in [1.807, 2.05) is 11.8 Å². The SMILES string of the molecule is O=[N+]([O-])c1ccc(NCC2CCSC2)c(C(F)F)c1. The zero-order chi connectivity index (χ0) is 13.8. The van der Waals surface area contributed by atoms with Gasteiger partial charge in [-0.3, -0.25) is 10.1 Å². The molecule has 1 aromatic rings. The molecule has 1 atom stereocenters. The van der Waals surface area contributed by atoms with Crippen molar-refractivity contribution in [2.45, 2.75) is 12.8 Å². The highest BCUT2D eigenvalue weighted by Crippen LogP contribution is 2.31. The van der Waals surface area contributed by atoms with Crippen LogP contribution in [0.4, 0.5) is 20.2 Å². The van der Waals surface area contributed by atoms with Crippen LogP contribution in [0.3, 0.4) is 0 Å². The van der Waals surface area contributed by atoms with E-state index in [2.05, 4.69) is 5.32 Å². The number of nitro benzene ring substituents is 1. The Labute approximate surface area is 113 Å². The Morgan fingerprint density at radius 2 is 2.32 bits per heavy atom. The summed E-state index contributed by atoms with van der Waals surface area (Å²) in [6.07, 6.45) is -1.64. The summed E-state index contributed by atoms with van der Waals surface area (Å²) in [7, 11) is 0. The van der Waals surface area contributed by atoms with E-state index < -0.39 is 11.3 Å². The fourth-order valence-electron chi connectivity index (χ4n) is 2.00. The van der Waals surface area contributed by atoms with Gasteiger partial charge in [-0.1, -0.05) is 0 Å². The smallest absolute Gasteiger partial charge is 0.270 e. The van der Waals surface area contributed by atoms with Crippen LogP contribution in [0.1, 0.15) is 18.4 Å². The molecule has 0 aromatic heterocycles. The second-order valence-corrected chi connectivity index (χ2v) is 5.59. The molecule has 0 amide bonds. The van der Waals surface area contributed by atoms with E-state index >= 15 is 0 Å². The Morgan fingerprint density at radius 1 is 1.53 bits per heavy atom. The van der Waals surface area contributed by atoms with Crippen molar-refractivity contribution in [1.82, 2.24) is 0 Å². The Hall–Kier alpha value is -1.37. The number of nitro groups is 1. The van der Waals surface area contributed by atoms with Crippen molar-refractivity contribution in [3.05, 3.63) is 33.9 Å². The molecule has 1 heterocycles. The molecule has 1 aromatic carbocycles. The van der Waals surface area contributed by atoms with Crippen LogP contribution in [0.2, 0.25) is 0 Å². The van der Waals surface area contributed by atoms with Crippen molar-refractivity contribution in [1.29, 1.82) is 0 Å². The third-order valence-electron chi connectivity index (χ3n) is 3.09. The van der Waals surface area contributed by atoms with Gasteiger partial charge in [-0.25, -0.2) is 8.78 Å². The van der Waals surface area contributed by atoms with Gasteiger partial charge < -0.3 is 5.32 Å². The number of non-ortho nitro benzene ring substituents is 1. The maximum absolute atomic E-state index is 12.9. The minimum atomic E-state index is -2.72. The van der Waals surface area contributed by atoms with Crippen LogP contribution in [-0.4, -0.2) is 23.0 Å². The molecular weight excluding hydrogens is 274 g/mol. The molecule has 1 saturated heterocycles. The molecule has 2 rings (SSSR count). The largest absolute Gasteiger partial charge is 0.384 e. The molecule has 1 unspecified atom stereocenters. The highest BCUT2D eigenvalue weighted by Gasteiger charge is 2.20. The number of hydrogen-bond acceptors (Lipinski definition) is 4. The predicted octanol–water partition coefficient (Wildman–Crippen LogP) is 3.70. The molecule has 0 bridgehead atoms. The van der Waals surface area contributed by atoms with Crippen molar-refractivity contribution in [3.63, 3.8) is 0 Å². The van der Waals surface area contributed by atoms with Gasteiger partial charge in [0.15, 0.2) is 0 Å². The number of benzene rings is 1. The molecule has 104 valence electrons. The van der Waals surface area contributed by atoms with E-state index in [0.717, 1.165) is 24.0 Å². The summed E-state index contributed by atoms with van der Waals surface area (Å²) in [5, 5.41) is 13.6. The molecule has 0 spiro atoms. The first-order valence-electron chi connectivity index (χ1n) is 5.96. The molecule has 1 aliphatic rings. The van der Waals surface area contributed by atoms with Gasteiger partial charge in [-0.05, 0) is 29.9 Å². The molecule has 7 heteroatoms. The molecular formula is C12H14F2N2O2S. The molecule has 1 N–H and O–H groups in total. The number of nitrogens with one attached hydrogen (secondary N) is 1. The minimum Gasteiger partial charge on any atom is -0.384 e. The Kier molecular flexibility index (Phi) is 4.57. The number of anilines is 1. The lowest BCUT2D eigenvalue weighted by Gasteiger charge is -2.14. The number of rotatable bonds is 5. The summed E-state index contributed by atoms with van der Waals surface area (Å²) >= 11 is 1.86. The van der Waals surface area contributed by atoms with Crippen LogP contribution in [0, 0.1) is 16.0 Å². The first-order valence-corrected chi connectivity index (χ1v) is 7.11. The lowest BCUT2D eigenvalue weighted by molar-refractivity contribution is -0.385. The fraction of sp³-hybridized carbons (Fsp3) is 0.500. The Bertz CT molecular complexity index is 465. The third kappa shape index (κ3) is 3.56. The van der Waals surface area contributed by atoms with Crippen molar-refractivity contribution in [2.24, 2.45) is 5.92 Å². The monoisotopic (exact) mass is 288 g/mol. The number of alkyl halides is 2. The molecule has 4 nitrogen and oxygen atoms in total. The molecule has 0 radical (unpaired) electrons. The van der Waals surface area contributed by atoms with E-state index in [1.54, 1.807) is 0 Å². The van der Waals surface area contributed by atoms with Gasteiger partial charge in [0.05, 0.1) is 4.92 Å².